The van der Waals surface area contributed by atoms with Crippen molar-refractivity contribution in [3.05, 3.63) is 35.1 Å². The zero-order chi connectivity index (χ0) is 16.2. The van der Waals surface area contributed by atoms with Gasteiger partial charge in [-0.05, 0) is 37.0 Å². The summed E-state index contributed by atoms with van der Waals surface area (Å²) in [5.74, 6) is -1.53. The summed E-state index contributed by atoms with van der Waals surface area (Å²) < 4.78 is 42.2. The number of amides is 1. The van der Waals surface area contributed by atoms with E-state index in [1.54, 1.807) is 19.1 Å². The first-order valence-electron chi connectivity index (χ1n) is 7.19. The number of sulfone groups is 1. The number of rotatable bonds is 6. The molecule has 2 rings (SSSR count). The summed E-state index contributed by atoms with van der Waals surface area (Å²) in [4.78, 5) is 11.8. The van der Waals surface area contributed by atoms with E-state index in [0.717, 1.165) is 18.4 Å². The minimum absolute atomic E-state index is 0.115. The van der Waals surface area contributed by atoms with E-state index in [1.807, 2.05) is 0 Å². The highest BCUT2D eigenvalue weighted by molar-refractivity contribution is 7.92. The molecule has 5 nitrogen and oxygen atoms in total. The van der Waals surface area contributed by atoms with Gasteiger partial charge in [-0.2, -0.15) is 0 Å². The van der Waals surface area contributed by atoms with Crippen molar-refractivity contribution in [3.63, 3.8) is 0 Å². The zero-order valence-electron chi connectivity index (χ0n) is 12.5. The van der Waals surface area contributed by atoms with Gasteiger partial charge >= 0.3 is 0 Å². The second-order valence-corrected chi connectivity index (χ2v) is 7.66. The van der Waals surface area contributed by atoms with Gasteiger partial charge in [0.2, 0.25) is 5.91 Å². The average molecular weight is 329 g/mol. The topological polar surface area (TPSA) is 72.5 Å². The fraction of sp³-hybridized carbons (Fsp3) is 0.533. The first-order valence-corrected chi connectivity index (χ1v) is 9.01. The molecular weight excluding hydrogens is 309 g/mol. The van der Waals surface area contributed by atoms with Crippen LogP contribution >= 0.6 is 0 Å². The summed E-state index contributed by atoms with van der Waals surface area (Å²) in [5, 5.41) is 2.55. The van der Waals surface area contributed by atoms with Crippen molar-refractivity contribution in [2.75, 3.05) is 18.1 Å². The predicted molar refractivity (Wildman–Crippen MR) is 80.6 cm³/mol. The van der Waals surface area contributed by atoms with Gasteiger partial charge in [0, 0.05) is 13.2 Å². The lowest BCUT2D eigenvalue weighted by Gasteiger charge is -2.10. The highest BCUT2D eigenvalue weighted by Crippen LogP contribution is 2.14. The van der Waals surface area contributed by atoms with Crippen LogP contribution in [0.1, 0.15) is 24.0 Å². The van der Waals surface area contributed by atoms with Gasteiger partial charge in [-0.25, -0.2) is 12.8 Å². The summed E-state index contributed by atoms with van der Waals surface area (Å²) in [7, 11) is -3.48. The van der Waals surface area contributed by atoms with Crippen LogP contribution in [0.5, 0.6) is 0 Å². The number of hydrogen-bond donors (Lipinski definition) is 1. The number of aryl methyl sites for hydroxylation is 1. The highest BCUT2D eigenvalue weighted by Gasteiger charge is 2.25. The standard InChI is InChI=1S/C15H20FNO4S/c1-11-7-12(4-5-14(11)16)8-17-15(18)10-22(19,20)9-13-3-2-6-21-13/h4-5,7,13H,2-3,6,8-10H2,1H3,(H,17,18). The SMILES string of the molecule is Cc1cc(CNC(=O)CS(=O)(=O)CC2CCCO2)ccc1F. The summed E-state index contributed by atoms with van der Waals surface area (Å²) in [6.07, 6.45) is 1.28. The van der Waals surface area contributed by atoms with E-state index >= 15 is 0 Å². The minimum atomic E-state index is -3.48. The lowest BCUT2D eigenvalue weighted by molar-refractivity contribution is -0.118. The fourth-order valence-corrected chi connectivity index (χ4v) is 3.83. The Labute approximate surface area is 129 Å². The Balaban J connectivity index is 1.82. The Kier molecular flexibility index (Phi) is 5.52. The summed E-state index contributed by atoms with van der Waals surface area (Å²) in [6, 6.07) is 4.50. The van der Waals surface area contributed by atoms with Crippen molar-refractivity contribution < 1.29 is 22.3 Å². The molecule has 1 aliphatic rings. The van der Waals surface area contributed by atoms with Crippen LogP contribution in [-0.2, 0) is 25.9 Å². The van der Waals surface area contributed by atoms with Crippen LogP contribution < -0.4 is 5.32 Å². The van der Waals surface area contributed by atoms with Crippen LogP contribution in [0.15, 0.2) is 18.2 Å². The Morgan fingerprint density at radius 3 is 2.86 bits per heavy atom. The van der Waals surface area contributed by atoms with Gasteiger partial charge in [0.25, 0.3) is 0 Å². The first-order chi connectivity index (χ1) is 10.4. The number of nitrogens with one attached hydrogen (secondary N) is 1. The third-order valence-corrected chi connectivity index (χ3v) is 5.11. The number of hydrogen-bond acceptors (Lipinski definition) is 4. The van der Waals surface area contributed by atoms with Crippen molar-refractivity contribution in [2.45, 2.75) is 32.4 Å². The van der Waals surface area contributed by atoms with Gasteiger partial charge in [-0.15, -0.1) is 0 Å². The molecular formula is C15H20FNO4S. The molecule has 122 valence electrons. The summed E-state index contributed by atoms with van der Waals surface area (Å²) in [6.45, 7) is 2.39. The predicted octanol–water partition coefficient (Wildman–Crippen LogP) is 1.34. The van der Waals surface area contributed by atoms with E-state index in [-0.39, 0.29) is 24.2 Å². The third kappa shape index (κ3) is 5.06. The van der Waals surface area contributed by atoms with Crippen LogP contribution in [0, 0.1) is 12.7 Å². The molecule has 7 heteroatoms. The van der Waals surface area contributed by atoms with E-state index in [1.165, 1.54) is 6.07 Å². The molecule has 22 heavy (non-hydrogen) atoms. The van der Waals surface area contributed by atoms with Gasteiger partial charge < -0.3 is 10.1 Å². The molecule has 1 aromatic rings. The molecule has 1 amide bonds. The monoisotopic (exact) mass is 329 g/mol. The Hall–Kier alpha value is -1.47. The molecule has 1 saturated heterocycles. The maximum absolute atomic E-state index is 13.1. The molecule has 0 aromatic heterocycles. The molecule has 1 heterocycles. The van der Waals surface area contributed by atoms with Crippen LogP contribution in [0.2, 0.25) is 0 Å². The van der Waals surface area contributed by atoms with E-state index in [0.29, 0.717) is 12.2 Å². The Bertz CT molecular complexity index is 639. The van der Waals surface area contributed by atoms with Crippen molar-refractivity contribution in [2.24, 2.45) is 0 Å². The molecule has 0 saturated carbocycles. The number of carbonyl (C=O) groups excluding carboxylic acids is 1. The molecule has 1 aliphatic heterocycles. The van der Waals surface area contributed by atoms with Gasteiger partial charge in [-0.1, -0.05) is 12.1 Å². The fourth-order valence-electron chi connectivity index (χ4n) is 2.39. The second kappa shape index (κ2) is 7.19. The Morgan fingerprint density at radius 2 is 2.23 bits per heavy atom. The van der Waals surface area contributed by atoms with Crippen molar-refractivity contribution >= 4 is 15.7 Å². The number of benzene rings is 1. The van der Waals surface area contributed by atoms with E-state index < -0.39 is 21.5 Å². The van der Waals surface area contributed by atoms with Crippen molar-refractivity contribution in [1.29, 1.82) is 0 Å². The molecule has 1 aromatic carbocycles. The van der Waals surface area contributed by atoms with Gasteiger partial charge in [0.1, 0.15) is 11.6 Å². The molecule has 0 spiro atoms. The lowest BCUT2D eigenvalue weighted by atomic mass is 10.1. The highest BCUT2D eigenvalue weighted by atomic mass is 32.2. The maximum atomic E-state index is 13.1. The van der Waals surface area contributed by atoms with Crippen LogP contribution in [0.3, 0.4) is 0 Å². The lowest BCUT2D eigenvalue weighted by Crippen LogP contribution is -2.33. The van der Waals surface area contributed by atoms with Gasteiger partial charge in [0.15, 0.2) is 9.84 Å². The molecule has 1 fully saturated rings. The van der Waals surface area contributed by atoms with E-state index in [4.69, 9.17) is 4.74 Å². The molecule has 1 atom stereocenters. The molecule has 0 bridgehead atoms. The van der Waals surface area contributed by atoms with Crippen LogP contribution in [0.25, 0.3) is 0 Å². The summed E-state index contributed by atoms with van der Waals surface area (Å²) >= 11 is 0. The molecule has 1 N–H and O–H groups in total. The van der Waals surface area contributed by atoms with Crippen molar-refractivity contribution in [3.8, 4) is 0 Å². The third-order valence-electron chi connectivity index (χ3n) is 3.53. The number of carbonyl (C=O) groups is 1. The van der Waals surface area contributed by atoms with Crippen molar-refractivity contribution in [1.82, 2.24) is 5.32 Å². The minimum Gasteiger partial charge on any atom is -0.377 e. The van der Waals surface area contributed by atoms with E-state index in [2.05, 4.69) is 5.32 Å². The average Bonchev–Trinajstić information content (AvgIpc) is 2.91. The molecule has 1 unspecified atom stereocenters. The molecule has 0 radical (unpaired) electrons. The number of halogens is 1. The second-order valence-electron chi connectivity index (χ2n) is 5.55. The van der Waals surface area contributed by atoms with Gasteiger partial charge in [-0.3, -0.25) is 4.79 Å². The maximum Gasteiger partial charge on any atom is 0.235 e. The van der Waals surface area contributed by atoms with E-state index in [9.17, 15) is 17.6 Å². The van der Waals surface area contributed by atoms with Crippen LogP contribution in [-0.4, -0.2) is 38.5 Å². The Morgan fingerprint density at radius 1 is 1.45 bits per heavy atom. The smallest absolute Gasteiger partial charge is 0.235 e. The first kappa shape index (κ1) is 16.9. The quantitative estimate of drug-likeness (QED) is 0.855. The largest absolute Gasteiger partial charge is 0.377 e. The molecule has 0 aliphatic carbocycles. The summed E-state index contributed by atoms with van der Waals surface area (Å²) in [5.41, 5.74) is 1.21. The normalized spacial score (nSPS) is 18.4. The van der Waals surface area contributed by atoms with Gasteiger partial charge in [0.05, 0.1) is 11.9 Å². The number of ether oxygens (including phenoxy) is 1. The zero-order valence-corrected chi connectivity index (χ0v) is 13.3. The van der Waals surface area contributed by atoms with Crippen LogP contribution in [0.4, 0.5) is 4.39 Å².